The number of nitrogens with one attached hydrogen (secondary N) is 1. The first-order valence-corrected chi connectivity index (χ1v) is 19.5. The number of unbranched alkanes of at least 4 members (excludes halogenated alkanes) is 11. The molecule has 2 spiro atoms. The zero-order chi connectivity index (χ0) is 32.7. The van der Waals surface area contributed by atoms with Gasteiger partial charge in [-0.1, -0.05) is 122 Å². The molecule has 2 aliphatic heterocycles. The Kier molecular flexibility index (Phi) is 16.2. The number of rotatable bonds is 16. The van der Waals surface area contributed by atoms with E-state index in [9.17, 15) is 9.59 Å². The van der Waals surface area contributed by atoms with Crippen molar-refractivity contribution in [3.63, 3.8) is 0 Å². The fourth-order valence-electron chi connectivity index (χ4n) is 8.86. The maximum absolute atomic E-state index is 14.5. The number of ether oxygens (including phenoxy) is 2. The molecule has 1 amide bonds. The van der Waals surface area contributed by atoms with Crippen molar-refractivity contribution in [3.8, 4) is 0 Å². The Morgan fingerprint density at radius 2 is 1.16 bits per heavy atom. The van der Waals surface area contributed by atoms with E-state index in [1.807, 2.05) is 4.90 Å². The molecule has 0 radical (unpaired) electrons. The van der Waals surface area contributed by atoms with Crippen LogP contribution in [-0.4, -0.2) is 52.3 Å². The fourth-order valence-corrected chi connectivity index (χ4v) is 8.86. The zero-order valence-electron chi connectivity index (χ0n) is 30.4. The molecule has 3 fully saturated rings. The van der Waals surface area contributed by atoms with Crippen LogP contribution in [0.2, 0.25) is 0 Å². The number of esters is 1. The van der Waals surface area contributed by atoms with Gasteiger partial charge in [-0.3, -0.25) is 9.59 Å². The molecule has 2 heterocycles. The molecule has 6 heteroatoms. The third-order valence-electron chi connectivity index (χ3n) is 10.6. The number of amides is 1. The average Bonchev–Trinajstić information content (AvgIpc) is 3.15. The van der Waals surface area contributed by atoms with Crippen molar-refractivity contribution in [3.05, 3.63) is 0 Å². The summed E-state index contributed by atoms with van der Waals surface area (Å²) in [6.07, 6.45) is 29.7. The Bertz CT molecular complexity index is 841. The van der Waals surface area contributed by atoms with E-state index in [2.05, 4.69) is 39.9 Å². The van der Waals surface area contributed by atoms with E-state index in [0.717, 1.165) is 38.5 Å². The largest absolute Gasteiger partial charge is 0.466 e. The molecule has 6 nitrogen and oxygen atoms in total. The third kappa shape index (κ3) is 12.8. The number of carbonyl (C=O) groups is 2. The summed E-state index contributed by atoms with van der Waals surface area (Å²) in [5, 5.41) is 3.75. The first-order chi connectivity index (χ1) is 21.5. The molecule has 0 bridgehead atoms. The van der Waals surface area contributed by atoms with Crippen molar-refractivity contribution in [2.45, 2.75) is 224 Å². The molecule has 0 atom stereocenters. The average molecular weight is 633 g/mol. The summed E-state index contributed by atoms with van der Waals surface area (Å²) >= 11 is 0. The van der Waals surface area contributed by atoms with E-state index >= 15 is 0 Å². The second kappa shape index (κ2) is 19.0. The van der Waals surface area contributed by atoms with Crippen LogP contribution in [0, 0.1) is 0 Å². The van der Waals surface area contributed by atoms with Gasteiger partial charge in [-0.15, -0.1) is 0 Å². The lowest BCUT2D eigenvalue weighted by molar-refractivity contribution is -0.177. The van der Waals surface area contributed by atoms with Gasteiger partial charge in [0.1, 0.15) is 5.72 Å². The highest BCUT2D eigenvalue weighted by atomic mass is 16.6. The van der Waals surface area contributed by atoms with Crippen LogP contribution in [-0.2, 0) is 19.1 Å². The van der Waals surface area contributed by atoms with Gasteiger partial charge >= 0.3 is 5.97 Å². The van der Waals surface area contributed by atoms with E-state index in [-0.39, 0.29) is 29.4 Å². The second-order valence-electron chi connectivity index (χ2n) is 16.3. The molecule has 3 rings (SSSR count). The number of carbonyl (C=O) groups excluding carboxylic acids is 2. The zero-order valence-corrected chi connectivity index (χ0v) is 30.4. The first-order valence-electron chi connectivity index (χ1n) is 19.5. The number of piperidine rings is 1. The first kappa shape index (κ1) is 38.3. The van der Waals surface area contributed by atoms with E-state index in [4.69, 9.17) is 9.47 Å². The van der Waals surface area contributed by atoms with Crippen LogP contribution in [0.5, 0.6) is 0 Å². The molecule has 1 N–H and O–H groups in total. The fraction of sp³-hybridized carbons (Fsp3) is 0.949. The van der Waals surface area contributed by atoms with Crippen LogP contribution in [0.15, 0.2) is 0 Å². The van der Waals surface area contributed by atoms with Crippen molar-refractivity contribution in [2.75, 3.05) is 13.2 Å². The van der Waals surface area contributed by atoms with E-state index in [0.29, 0.717) is 26.0 Å². The lowest BCUT2D eigenvalue weighted by Crippen LogP contribution is -2.65. The van der Waals surface area contributed by atoms with Crippen molar-refractivity contribution >= 4 is 11.9 Å². The van der Waals surface area contributed by atoms with E-state index in [1.165, 1.54) is 109 Å². The number of hydrogen-bond acceptors (Lipinski definition) is 5. The number of nitrogens with zero attached hydrogens (tertiary/aromatic N) is 1. The predicted octanol–water partition coefficient (Wildman–Crippen LogP) is 10.2. The monoisotopic (exact) mass is 633 g/mol. The Morgan fingerprint density at radius 3 is 1.64 bits per heavy atom. The minimum absolute atomic E-state index is 0.103. The van der Waals surface area contributed by atoms with Crippen molar-refractivity contribution < 1.29 is 19.1 Å². The number of hydrogen-bond donors (Lipinski definition) is 1. The standard InChI is InChI=1S/C39H72N2O4/c1-6-7-8-9-10-11-12-13-17-20-23-26-31-44-34(42)27-30-41-35(43)38(32-36(2,3)40-37(4,5)33-38)45-39(41)28-24-21-18-15-14-16-19-22-25-29-39/h40H,6-33H2,1-5H3. The van der Waals surface area contributed by atoms with Gasteiger partial charge in [-0.25, -0.2) is 0 Å². The molecule has 0 aromatic carbocycles. The lowest BCUT2D eigenvalue weighted by atomic mass is 9.72. The minimum Gasteiger partial charge on any atom is -0.466 e. The van der Waals surface area contributed by atoms with Crippen molar-refractivity contribution in [2.24, 2.45) is 0 Å². The maximum Gasteiger partial charge on any atom is 0.307 e. The smallest absolute Gasteiger partial charge is 0.307 e. The van der Waals surface area contributed by atoms with Crippen LogP contribution in [0.1, 0.15) is 202 Å². The van der Waals surface area contributed by atoms with Crippen LogP contribution < -0.4 is 5.32 Å². The van der Waals surface area contributed by atoms with Gasteiger partial charge in [0.2, 0.25) is 0 Å². The molecule has 1 saturated carbocycles. The Labute approximate surface area is 277 Å². The summed E-state index contributed by atoms with van der Waals surface area (Å²) in [6, 6.07) is 0. The molecule has 2 saturated heterocycles. The Morgan fingerprint density at radius 1 is 0.711 bits per heavy atom. The molecule has 0 aromatic heterocycles. The highest BCUT2D eigenvalue weighted by molar-refractivity contribution is 5.89. The quantitative estimate of drug-likeness (QED) is 0.135. The van der Waals surface area contributed by atoms with E-state index < -0.39 is 11.3 Å². The normalized spacial score (nSPS) is 23.1. The summed E-state index contributed by atoms with van der Waals surface area (Å²) in [7, 11) is 0. The minimum atomic E-state index is -0.839. The van der Waals surface area contributed by atoms with Gasteiger partial charge in [0, 0.05) is 30.5 Å². The predicted molar refractivity (Wildman–Crippen MR) is 186 cm³/mol. The molecule has 262 valence electrons. The van der Waals surface area contributed by atoms with Crippen LogP contribution in [0.3, 0.4) is 0 Å². The molecule has 0 aromatic rings. The summed E-state index contributed by atoms with van der Waals surface area (Å²) in [4.78, 5) is 29.5. The van der Waals surface area contributed by atoms with Crippen LogP contribution >= 0.6 is 0 Å². The summed E-state index contributed by atoms with van der Waals surface area (Å²) < 4.78 is 12.9. The summed E-state index contributed by atoms with van der Waals surface area (Å²) in [6.45, 7) is 11.9. The van der Waals surface area contributed by atoms with Gasteiger partial charge in [-0.2, -0.15) is 0 Å². The topological polar surface area (TPSA) is 67.9 Å². The van der Waals surface area contributed by atoms with Crippen LogP contribution in [0.4, 0.5) is 0 Å². The summed E-state index contributed by atoms with van der Waals surface area (Å²) in [5.41, 5.74) is -1.88. The second-order valence-corrected chi connectivity index (χ2v) is 16.3. The Hall–Kier alpha value is -1.14. The van der Waals surface area contributed by atoms with Gasteiger partial charge in [-0.05, 0) is 59.8 Å². The van der Waals surface area contributed by atoms with Crippen LogP contribution in [0.25, 0.3) is 0 Å². The lowest BCUT2D eigenvalue weighted by Gasteiger charge is -2.50. The summed E-state index contributed by atoms with van der Waals surface area (Å²) in [5.74, 6) is -0.0768. The third-order valence-corrected chi connectivity index (χ3v) is 10.6. The Balaban J connectivity index is 1.52. The van der Waals surface area contributed by atoms with Gasteiger partial charge in [0.05, 0.1) is 13.0 Å². The van der Waals surface area contributed by atoms with E-state index in [1.54, 1.807) is 0 Å². The van der Waals surface area contributed by atoms with Gasteiger partial charge in [0.25, 0.3) is 5.91 Å². The highest BCUT2D eigenvalue weighted by Gasteiger charge is 2.64. The molecule has 0 unspecified atom stereocenters. The SMILES string of the molecule is CCCCCCCCCCCCCCOC(=O)CCN1C(=O)C2(CC(C)(C)NC(C)(C)C2)OC12CCCCCCCCCCC2. The molecular formula is C39H72N2O4. The highest BCUT2D eigenvalue weighted by Crippen LogP contribution is 2.50. The molecule has 1 aliphatic carbocycles. The van der Waals surface area contributed by atoms with Gasteiger partial charge in [0.15, 0.2) is 5.60 Å². The molecular weight excluding hydrogens is 560 g/mol. The van der Waals surface area contributed by atoms with Crippen molar-refractivity contribution in [1.29, 1.82) is 0 Å². The maximum atomic E-state index is 14.5. The molecule has 3 aliphatic rings. The van der Waals surface area contributed by atoms with Gasteiger partial charge < -0.3 is 19.7 Å². The molecule has 45 heavy (non-hydrogen) atoms. The van der Waals surface area contributed by atoms with Crippen molar-refractivity contribution in [1.82, 2.24) is 10.2 Å².